The summed E-state index contributed by atoms with van der Waals surface area (Å²) in [5, 5.41) is 12.0. The first kappa shape index (κ1) is 23.5. The zero-order valence-electron chi connectivity index (χ0n) is 18.9. The zero-order valence-corrected chi connectivity index (χ0v) is 19.8. The van der Waals surface area contributed by atoms with Gasteiger partial charge in [-0.1, -0.05) is 66.4 Å². The SMILES string of the molecule is Cc1ccccc1OCc1nnc(SCC(=O)NC(C)c2ccccc2F)n1-c1ccccc1. The van der Waals surface area contributed by atoms with Gasteiger partial charge in [0.25, 0.3) is 0 Å². The molecule has 4 rings (SSSR count). The van der Waals surface area contributed by atoms with E-state index in [0.717, 1.165) is 17.0 Å². The molecular weight excluding hydrogens is 451 g/mol. The van der Waals surface area contributed by atoms with Crippen LogP contribution in [0.2, 0.25) is 0 Å². The van der Waals surface area contributed by atoms with Crippen molar-refractivity contribution in [3.63, 3.8) is 0 Å². The molecule has 34 heavy (non-hydrogen) atoms. The van der Waals surface area contributed by atoms with E-state index in [4.69, 9.17) is 4.74 Å². The van der Waals surface area contributed by atoms with Gasteiger partial charge in [-0.25, -0.2) is 4.39 Å². The maximum Gasteiger partial charge on any atom is 0.230 e. The van der Waals surface area contributed by atoms with E-state index in [2.05, 4.69) is 15.5 Å². The van der Waals surface area contributed by atoms with Crippen molar-refractivity contribution in [3.05, 3.63) is 102 Å². The average molecular weight is 477 g/mol. The van der Waals surface area contributed by atoms with Crippen LogP contribution in [0.15, 0.2) is 84.0 Å². The van der Waals surface area contributed by atoms with Gasteiger partial charge < -0.3 is 10.1 Å². The Kier molecular flexibility index (Phi) is 7.59. The fraction of sp³-hybridized carbons (Fsp3) is 0.192. The van der Waals surface area contributed by atoms with Gasteiger partial charge in [-0.2, -0.15) is 0 Å². The van der Waals surface area contributed by atoms with Crippen LogP contribution >= 0.6 is 11.8 Å². The second-order valence-corrected chi connectivity index (χ2v) is 8.67. The van der Waals surface area contributed by atoms with E-state index in [1.165, 1.54) is 17.8 Å². The van der Waals surface area contributed by atoms with Crippen molar-refractivity contribution in [3.8, 4) is 11.4 Å². The number of para-hydroxylation sites is 2. The number of ether oxygens (including phenoxy) is 1. The van der Waals surface area contributed by atoms with E-state index in [0.29, 0.717) is 16.5 Å². The molecule has 0 spiro atoms. The molecule has 174 valence electrons. The van der Waals surface area contributed by atoms with Crippen molar-refractivity contribution in [2.24, 2.45) is 0 Å². The highest BCUT2D eigenvalue weighted by Crippen LogP contribution is 2.24. The third kappa shape index (κ3) is 5.63. The van der Waals surface area contributed by atoms with Crippen LogP contribution in [0.25, 0.3) is 5.69 Å². The molecule has 0 saturated carbocycles. The lowest BCUT2D eigenvalue weighted by Gasteiger charge is -2.15. The van der Waals surface area contributed by atoms with Crippen LogP contribution in [0, 0.1) is 12.7 Å². The lowest BCUT2D eigenvalue weighted by Crippen LogP contribution is -2.28. The van der Waals surface area contributed by atoms with Gasteiger partial charge in [0.15, 0.2) is 11.0 Å². The van der Waals surface area contributed by atoms with Crippen molar-refractivity contribution < 1.29 is 13.9 Å². The average Bonchev–Trinajstić information content (AvgIpc) is 3.26. The van der Waals surface area contributed by atoms with Gasteiger partial charge in [0.1, 0.15) is 18.2 Å². The minimum absolute atomic E-state index is 0.114. The highest BCUT2D eigenvalue weighted by Gasteiger charge is 2.18. The number of hydrogen-bond acceptors (Lipinski definition) is 5. The topological polar surface area (TPSA) is 69.0 Å². The third-order valence-electron chi connectivity index (χ3n) is 5.25. The fourth-order valence-electron chi connectivity index (χ4n) is 3.50. The Hall–Kier alpha value is -3.65. The van der Waals surface area contributed by atoms with Crippen molar-refractivity contribution in [2.75, 3.05) is 5.75 Å². The summed E-state index contributed by atoms with van der Waals surface area (Å²) in [5.74, 6) is 0.951. The first-order chi connectivity index (χ1) is 16.5. The van der Waals surface area contributed by atoms with E-state index in [9.17, 15) is 9.18 Å². The molecule has 1 atom stereocenters. The van der Waals surface area contributed by atoms with Gasteiger partial charge in [0.2, 0.25) is 5.91 Å². The molecule has 3 aromatic carbocycles. The number of nitrogens with one attached hydrogen (secondary N) is 1. The highest BCUT2D eigenvalue weighted by atomic mass is 32.2. The van der Waals surface area contributed by atoms with Crippen molar-refractivity contribution in [1.82, 2.24) is 20.1 Å². The zero-order chi connectivity index (χ0) is 23.9. The Morgan fingerprint density at radius 1 is 1.03 bits per heavy atom. The first-order valence-corrected chi connectivity index (χ1v) is 11.9. The van der Waals surface area contributed by atoms with Crippen LogP contribution in [0.3, 0.4) is 0 Å². The number of amides is 1. The van der Waals surface area contributed by atoms with Crippen molar-refractivity contribution in [2.45, 2.75) is 31.7 Å². The molecule has 1 amide bonds. The summed E-state index contributed by atoms with van der Waals surface area (Å²) in [5.41, 5.74) is 2.35. The van der Waals surface area contributed by atoms with Gasteiger partial charge in [-0.15, -0.1) is 10.2 Å². The number of carbonyl (C=O) groups excluding carboxylic acids is 1. The van der Waals surface area contributed by atoms with Gasteiger partial charge in [-0.3, -0.25) is 9.36 Å². The Bertz CT molecular complexity index is 1260. The van der Waals surface area contributed by atoms with E-state index in [-0.39, 0.29) is 24.1 Å². The fourth-order valence-corrected chi connectivity index (χ4v) is 4.28. The maximum atomic E-state index is 14.0. The smallest absolute Gasteiger partial charge is 0.230 e. The Morgan fingerprint density at radius 3 is 2.50 bits per heavy atom. The molecule has 0 bridgehead atoms. The molecular formula is C26H25FN4O2S. The summed E-state index contributed by atoms with van der Waals surface area (Å²) in [6, 6.07) is 23.4. The number of rotatable bonds is 9. The van der Waals surface area contributed by atoms with Crippen molar-refractivity contribution in [1.29, 1.82) is 0 Å². The van der Waals surface area contributed by atoms with Gasteiger partial charge in [0, 0.05) is 11.3 Å². The summed E-state index contributed by atoms with van der Waals surface area (Å²) < 4.78 is 21.9. The molecule has 1 unspecified atom stereocenters. The summed E-state index contributed by atoms with van der Waals surface area (Å²) in [4.78, 5) is 12.6. The Labute approximate surface area is 202 Å². The number of thioether (sulfide) groups is 1. The molecule has 0 aliphatic rings. The predicted octanol–water partition coefficient (Wildman–Crippen LogP) is 5.26. The molecule has 4 aromatic rings. The van der Waals surface area contributed by atoms with Gasteiger partial charge >= 0.3 is 0 Å². The molecule has 0 aliphatic heterocycles. The number of aryl methyl sites for hydroxylation is 1. The van der Waals surface area contributed by atoms with E-state index < -0.39 is 6.04 Å². The number of aromatic nitrogens is 3. The largest absolute Gasteiger partial charge is 0.485 e. The number of carbonyl (C=O) groups is 1. The first-order valence-electron chi connectivity index (χ1n) is 10.9. The minimum Gasteiger partial charge on any atom is -0.485 e. The highest BCUT2D eigenvalue weighted by molar-refractivity contribution is 7.99. The van der Waals surface area contributed by atoms with Crippen LogP contribution in [-0.4, -0.2) is 26.4 Å². The standard InChI is InChI=1S/C26H25FN4O2S/c1-18-10-6-9-15-23(18)33-16-24-29-30-26(31(24)20-11-4-3-5-12-20)34-17-25(32)28-19(2)21-13-7-8-14-22(21)27/h3-15,19H,16-17H2,1-2H3,(H,28,32). The van der Waals surface area contributed by atoms with Crippen LogP contribution in [-0.2, 0) is 11.4 Å². The molecule has 0 radical (unpaired) electrons. The second-order valence-electron chi connectivity index (χ2n) is 7.72. The summed E-state index contributed by atoms with van der Waals surface area (Å²) in [6.07, 6.45) is 0. The lowest BCUT2D eigenvalue weighted by atomic mass is 10.1. The summed E-state index contributed by atoms with van der Waals surface area (Å²) in [6.45, 7) is 3.97. The normalized spacial score (nSPS) is 11.7. The maximum absolute atomic E-state index is 14.0. The number of halogens is 1. The Morgan fingerprint density at radius 2 is 1.74 bits per heavy atom. The van der Waals surface area contributed by atoms with Crippen LogP contribution < -0.4 is 10.1 Å². The molecule has 8 heteroatoms. The lowest BCUT2D eigenvalue weighted by molar-refractivity contribution is -0.119. The molecule has 0 aliphatic carbocycles. The Balaban J connectivity index is 1.47. The van der Waals surface area contributed by atoms with Crippen LogP contribution in [0.1, 0.15) is 29.9 Å². The van der Waals surface area contributed by atoms with Crippen LogP contribution in [0.5, 0.6) is 5.75 Å². The van der Waals surface area contributed by atoms with Crippen LogP contribution in [0.4, 0.5) is 4.39 Å². The monoisotopic (exact) mass is 476 g/mol. The van der Waals surface area contributed by atoms with E-state index in [1.807, 2.05) is 66.1 Å². The summed E-state index contributed by atoms with van der Waals surface area (Å²) >= 11 is 1.27. The van der Waals surface area contributed by atoms with Gasteiger partial charge in [0.05, 0.1) is 11.8 Å². The predicted molar refractivity (Wildman–Crippen MR) is 131 cm³/mol. The third-order valence-corrected chi connectivity index (χ3v) is 6.18. The number of hydrogen-bond donors (Lipinski definition) is 1. The van der Waals surface area contributed by atoms with E-state index in [1.54, 1.807) is 25.1 Å². The molecule has 1 heterocycles. The molecule has 1 N–H and O–H groups in total. The van der Waals surface area contributed by atoms with Gasteiger partial charge in [-0.05, 0) is 43.7 Å². The number of nitrogens with zero attached hydrogens (tertiary/aromatic N) is 3. The second kappa shape index (κ2) is 11.0. The molecule has 6 nitrogen and oxygen atoms in total. The van der Waals surface area contributed by atoms with Crippen molar-refractivity contribution >= 4 is 17.7 Å². The minimum atomic E-state index is -0.445. The number of benzene rings is 3. The quantitative estimate of drug-likeness (QED) is 0.334. The molecule has 0 fully saturated rings. The van der Waals surface area contributed by atoms with E-state index >= 15 is 0 Å². The molecule has 0 saturated heterocycles. The molecule has 1 aromatic heterocycles. The summed E-state index contributed by atoms with van der Waals surface area (Å²) in [7, 11) is 0.